The SMILES string of the molecule is CCCC1(c2nc3nccc(C)c3[nH]2)CCCN1. The first-order chi connectivity index (χ1) is 8.75. The summed E-state index contributed by atoms with van der Waals surface area (Å²) in [6.45, 7) is 5.41. The Kier molecular flexibility index (Phi) is 2.82. The third-order valence-electron chi connectivity index (χ3n) is 3.97. The molecule has 18 heavy (non-hydrogen) atoms. The Labute approximate surface area is 107 Å². The normalized spacial score (nSPS) is 23.9. The van der Waals surface area contributed by atoms with Crippen molar-refractivity contribution in [2.24, 2.45) is 0 Å². The van der Waals surface area contributed by atoms with Crippen LogP contribution in [-0.2, 0) is 5.54 Å². The van der Waals surface area contributed by atoms with Gasteiger partial charge in [-0.1, -0.05) is 13.3 Å². The second kappa shape index (κ2) is 4.35. The van der Waals surface area contributed by atoms with Gasteiger partial charge in [-0.3, -0.25) is 0 Å². The first-order valence-corrected chi connectivity index (χ1v) is 6.82. The Morgan fingerprint density at radius 3 is 3.00 bits per heavy atom. The minimum atomic E-state index is 0.0435. The molecular weight excluding hydrogens is 224 g/mol. The van der Waals surface area contributed by atoms with Gasteiger partial charge in [0.2, 0.25) is 0 Å². The molecule has 2 aromatic rings. The van der Waals surface area contributed by atoms with Crippen molar-refractivity contribution in [3.63, 3.8) is 0 Å². The largest absolute Gasteiger partial charge is 0.339 e. The van der Waals surface area contributed by atoms with Crippen molar-refractivity contribution < 1.29 is 0 Å². The summed E-state index contributed by atoms with van der Waals surface area (Å²) in [6.07, 6.45) is 6.52. The van der Waals surface area contributed by atoms with Gasteiger partial charge in [0.25, 0.3) is 0 Å². The van der Waals surface area contributed by atoms with E-state index in [4.69, 9.17) is 4.98 Å². The highest BCUT2D eigenvalue weighted by molar-refractivity contribution is 5.74. The van der Waals surface area contributed by atoms with E-state index >= 15 is 0 Å². The Hall–Kier alpha value is -1.42. The fourth-order valence-electron chi connectivity index (χ4n) is 3.03. The molecular formula is C14H20N4. The zero-order valence-corrected chi connectivity index (χ0v) is 11.1. The van der Waals surface area contributed by atoms with Gasteiger partial charge < -0.3 is 10.3 Å². The highest BCUT2D eigenvalue weighted by atomic mass is 15.1. The molecule has 0 saturated carbocycles. The van der Waals surface area contributed by atoms with E-state index in [-0.39, 0.29) is 5.54 Å². The number of aromatic nitrogens is 3. The predicted molar refractivity (Wildman–Crippen MR) is 72.4 cm³/mol. The van der Waals surface area contributed by atoms with E-state index in [2.05, 4.69) is 29.1 Å². The smallest absolute Gasteiger partial charge is 0.178 e. The van der Waals surface area contributed by atoms with E-state index in [9.17, 15) is 0 Å². The number of nitrogens with one attached hydrogen (secondary N) is 2. The van der Waals surface area contributed by atoms with Crippen LogP contribution in [0.3, 0.4) is 0 Å². The molecule has 0 aromatic carbocycles. The number of aryl methyl sites for hydroxylation is 1. The van der Waals surface area contributed by atoms with Crippen molar-refractivity contribution in [1.82, 2.24) is 20.3 Å². The maximum absolute atomic E-state index is 4.72. The minimum absolute atomic E-state index is 0.0435. The highest BCUT2D eigenvalue weighted by Crippen LogP contribution is 2.34. The number of pyridine rings is 1. The second-order valence-corrected chi connectivity index (χ2v) is 5.27. The fraction of sp³-hybridized carbons (Fsp3) is 0.571. The summed E-state index contributed by atoms with van der Waals surface area (Å²) < 4.78 is 0. The fourth-order valence-corrected chi connectivity index (χ4v) is 3.03. The number of rotatable bonds is 3. The molecule has 4 nitrogen and oxygen atoms in total. The molecule has 3 heterocycles. The van der Waals surface area contributed by atoms with E-state index in [0.29, 0.717) is 0 Å². The average Bonchev–Trinajstić information content (AvgIpc) is 2.97. The monoisotopic (exact) mass is 244 g/mol. The maximum atomic E-state index is 4.72. The number of imidazole rings is 1. The standard InChI is InChI=1S/C14H20N4/c1-3-6-14(7-4-8-16-14)13-17-11-10(2)5-9-15-12(11)18-13/h5,9,16H,3-4,6-8H2,1-2H3,(H,15,17,18). The van der Waals surface area contributed by atoms with Gasteiger partial charge in [0, 0.05) is 6.20 Å². The molecule has 0 bridgehead atoms. The molecule has 1 atom stereocenters. The Morgan fingerprint density at radius 2 is 2.33 bits per heavy atom. The number of fused-ring (bicyclic) bond motifs is 1. The number of hydrogen-bond donors (Lipinski definition) is 2. The zero-order chi connectivity index (χ0) is 12.6. The number of nitrogens with zero attached hydrogens (tertiary/aromatic N) is 2. The van der Waals surface area contributed by atoms with E-state index < -0.39 is 0 Å². The molecule has 2 N–H and O–H groups in total. The Morgan fingerprint density at radius 1 is 1.44 bits per heavy atom. The van der Waals surface area contributed by atoms with Crippen LogP contribution in [0.5, 0.6) is 0 Å². The lowest BCUT2D eigenvalue weighted by Crippen LogP contribution is -2.37. The molecule has 1 aliphatic heterocycles. The second-order valence-electron chi connectivity index (χ2n) is 5.27. The quantitative estimate of drug-likeness (QED) is 0.872. The van der Waals surface area contributed by atoms with Crippen molar-refractivity contribution in [2.75, 3.05) is 6.54 Å². The van der Waals surface area contributed by atoms with Crippen LogP contribution in [0, 0.1) is 6.92 Å². The van der Waals surface area contributed by atoms with Gasteiger partial charge in [-0.2, -0.15) is 0 Å². The molecule has 2 aromatic heterocycles. The van der Waals surface area contributed by atoms with Gasteiger partial charge >= 0.3 is 0 Å². The Bertz CT molecular complexity index is 552. The molecule has 0 spiro atoms. The first kappa shape index (κ1) is 11.7. The van der Waals surface area contributed by atoms with Crippen LogP contribution >= 0.6 is 0 Å². The van der Waals surface area contributed by atoms with Crippen LogP contribution in [0.15, 0.2) is 12.3 Å². The van der Waals surface area contributed by atoms with Crippen LogP contribution in [0.25, 0.3) is 11.2 Å². The summed E-state index contributed by atoms with van der Waals surface area (Å²) >= 11 is 0. The van der Waals surface area contributed by atoms with Crippen LogP contribution in [0.4, 0.5) is 0 Å². The van der Waals surface area contributed by atoms with Crippen LogP contribution in [0.2, 0.25) is 0 Å². The van der Waals surface area contributed by atoms with Gasteiger partial charge in [-0.25, -0.2) is 9.97 Å². The lowest BCUT2D eigenvalue weighted by atomic mass is 9.91. The third kappa shape index (κ3) is 1.72. The molecule has 96 valence electrons. The lowest BCUT2D eigenvalue weighted by Gasteiger charge is -2.26. The third-order valence-corrected chi connectivity index (χ3v) is 3.97. The van der Waals surface area contributed by atoms with Crippen molar-refractivity contribution in [3.05, 3.63) is 23.7 Å². The topological polar surface area (TPSA) is 53.6 Å². The summed E-state index contributed by atoms with van der Waals surface area (Å²) in [7, 11) is 0. The molecule has 0 radical (unpaired) electrons. The lowest BCUT2D eigenvalue weighted by molar-refractivity contribution is 0.338. The molecule has 1 fully saturated rings. The molecule has 3 rings (SSSR count). The molecule has 0 aliphatic carbocycles. The molecule has 4 heteroatoms. The van der Waals surface area contributed by atoms with Crippen molar-refractivity contribution >= 4 is 11.2 Å². The van der Waals surface area contributed by atoms with Gasteiger partial charge in [-0.15, -0.1) is 0 Å². The summed E-state index contributed by atoms with van der Waals surface area (Å²) in [5, 5.41) is 3.65. The van der Waals surface area contributed by atoms with Gasteiger partial charge in [0.1, 0.15) is 5.82 Å². The molecule has 1 saturated heterocycles. The average molecular weight is 244 g/mol. The first-order valence-electron chi connectivity index (χ1n) is 6.82. The van der Waals surface area contributed by atoms with Gasteiger partial charge in [0.15, 0.2) is 5.65 Å². The molecule has 1 unspecified atom stereocenters. The summed E-state index contributed by atoms with van der Waals surface area (Å²) in [5.41, 5.74) is 3.18. The summed E-state index contributed by atoms with van der Waals surface area (Å²) in [6, 6.07) is 2.03. The van der Waals surface area contributed by atoms with Crippen molar-refractivity contribution in [2.45, 2.75) is 45.1 Å². The summed E-state index contributed by atoms with van der Waals surface area (Å²) in [5.74, 6) is 1.07. The van der Waals surface area contributed by atoms with Gasteiger partial charge in [-0.05, 0) is 44.4 Å². The van der Waals surface area contributed by atoms with E-state index in [0.717, 1.165) is 36.4 Å². The van der Waals surface area contributed by atoms with Crippen molar-refractivity contribution in [1.29, 1.82) is 0 Å². The molecule has 0 amide bonds. The van der Waals surface area contributed by atoms with Crippen LogP contribution in [-0.4, -0.2) is 21.5 Å². The summed E-state index contributed by atoms with van der Waals surface area (Å²) in [4.78, 5) is 12.6. The van der Waals surface area contributed by atoms with E-state index in [1.54, 1.807) is 0 Å². The van der Waals surface area contributed by atoms with Crippen molar-refractivity contribution in [3.8, 4) is 0 Å². The number of hydrogen-bond acceptors (Lipinski definition) is 3. The van der Waals surface area contributed by atoms with Crippen LogP contribution in [0.1, 0.15) is 44.0 Å². The van der Waals surface area contributed by atoms with Crippen LogP contribution < -0.4 is 5.32 Å². The van der Waals surface area contributed by atoms with E-state index in [1.165, 1.54) is 18.4 Å². The predicted octanol–water partition coefficient (Wildman–Crippen LogP) is 2.65. The molecule has 1 aliphatic rings. The minimum Gasteiger partial charge on any atom is -0.339 e. The Balaban J connectivity index is 2.09. The maximum Gasteiger partial charge on any atom is 0.178 e. The number of H-pyrrole nitrogens is 1. The number of aromatic amines is 1. The van der Waals surface area contributed by atoms with E-state index in [1.807, 2.05) is 12.3 Å². The zero-order valence-electron chi connectivity index (χ0n) is 11.1. The van der Waals surface area contributed by atoms with Gasteiger partial charge in [0.05, 0.1) is 11.1 Å². The highest BCUT2D eigenvalue weighted by Gasteiger charge is 2.37.